The fourth-order valence-electron chi connectivity index (χ4n) is 3.20. The number of hydrogen-bond acceptors (Lipinski definition) is 5. The molecule has 0 spiro atoms. The van der Waals surface area contributed by atoms with Gasteiger partial charge in [0.1, 0.15) is 0 Å². The molecular formula is C19H25N5O3. The van der Waals surface area contributed by atoms with Crippen LogP contribution in [-0.2, 0) is 20.6 Å². The van der Waals surface area contributed by atoms with E-state index in [2.05, 4.69) is 10.3 Å². The Bertz CT molecular complexity index is 1040. The number of aromatic nitrogens is 4. The van der Waals surface area contributed by atoms with Crippen LogP contribution < -0.4 is 16.6 Å². The molecule has 2 heterocycles. The van der Waals surface area contributed by atoms with Gasteiger partial charge in [0.2, 0.25) is 0 Å². The largest absolute Gasteiger partial charge is 0.387 e. The van der Waals surface area contributed by atoms with Crippen LogP contribution in [0, 0.1) is 0 Å². The van der Waals surface area contributed by atoms with Crippen molar-refractivity contribution in [1.29, 1.82) is 0 Å². The lowest BCUT2D eigenvalue weighted by atomic mass is 10.0. The van der Waals surface area contributed by atoms with Crippen LogP contribution in [0.1, 0.15) is 25.0 Å². The van der Waals surface area contributed by atoms with Crippen LogP contribution in [0.2, 0.25) is 0 Å². The first-order valence-electron chi connectivity index (χ1n) is 8.99. The molecule has 27 heavy (non-hydrogen) atoms. The number of fused-ring (bicyclic) bond motifs is 1. The van der Waals surface area contributed by atoms with Crippen LogP contribution in [0.15, 0.2) is 46.2 Å². The minimum atomic E-state index is -0.581. The molecule has 0 radical (unpaired) electrons. The number of hydrogen-bond donors (Lipinski definition) is 2. The van der Waals surface area contributed by atoms with Crippen LogP contribution in [0.4, 0.5) is 0 Å². The lowest BCUT2D eigenvalue weighted by Crippen LogP contribution is -2.37. The van der Waals surface area contributed by atoms with E-state index >= 15 is 0 Å². The predicted octanol–water partition coefficient (Wildman–Crippen LogP) is 0.536. The third-order valence-corrected chi connectivity index (χ3v) is 4.87. The van der Waals surface area contributed by atoms with Gasteiger partial charge in [-0.2, -0.15) is 0 Å². The number of nitrogens with one attached hydrogen (secondary N) is 1. The fourth-order valence-corrected chi connectivity index (χ4v) is 3.20. The van der Waals surface area contributed by atoms with Crippen LogP contribution in [0.5, 0.6) is 0 Å². The lowest BCUT2D eigenvalue weighted by Gasteiger charge is -2.20. The van der Waals surface area contributed by atoms with Gasteiger partial charge in [-0.3, -0.25) is 13.9 Å². The Morgan fingerprint density at radius 2 is 1.85 bits per heavy atom. The topological polar surface area (TPSA) is 94.1 Å². The second-order valence-corrected chi connectivity index (χ2v) is 6.77. The minimum absolute atomic E-state index is 0.0966. The molecule has 0 bridgehead atoms. The Morgan fingerprint density at radius 3 is 2.56 bits per heavy atom. The summed E-state index contributed by atoms with van der Waals surface area (Å²) in [5, 5.41) is 13.7. The molecule has 2 aromatic heterocycles. The molecule has 0 aliphatic carbocycles. The Labute approximate surface area is 156 Å². The summed E-state index contributed by atoms with van der Waals surface area (Å²) in [5.74, 6) is 0. The van der Waals surface area contributed by atoms with Gasteiger partial charge in [0.15, 0.2) is 11.2 Å². The first-order valence-corrected chi connectivity index (χ1v) is 8.99. The van der Waals surface area contributed by atoms with E-state index in [0.29, 0.717) is 24.3 Å². The summed E-state index contributed by atoms with van der Waals surface area (Å²) in [6.07, 6.45) is 1.76. The van der Waals surface area contributed by atoms with E-state index in [9.17, 15) is 14.7 Å². The second kappa shape index (κ2) is 7.89. The van der Waals surface area contributed by atoms with Gasteiger partial charge in [-0.25, -0.2) is 9.78 Å². The molecule has 2 N–H and O–H groups in total. The molecule has 8 heteroatoms. The average molecular weight is 371 g/mol. The zero-order valence-corrected chi connectivity index (χ0v) is 15.8. The minimum Gasteiger partial charge on any atom is -0.387 e. The molecular weight excluding hydrogens is 346 g/mol. The maximum atomic E-state index is 12.4. The van der Waals surface area contributed by atoms with Crippen molar-refractivity contribution in [2.45, 2.75) is 32.0 Å². The summed E-state index contributed by atoms with van der Waals surface area (Å²) >= 11 is 0. The van der Waals surface area contributed by atoms with E-state index in [-0.39, 0.29) is 17.3 Å². The van der Waals surface area contributed by atoms with Crippen LogP contribution >= 0.6 is 0 Å². The molecule has 2 atom stereocenters. The molecule has 0 aliphatic rings. The monoisotopic (exact) mass is 371 g/mol. The predicted molar refractivity (Wildman–Crippen MR) is 104 cm³/mol. The highest BCUT2D eigenvalue weighted by Crippen LogP contribution is 2.16. The Kier molecular flexibility index (Phi) is 5.57. The quantitative estimate of drug-likeness (QED) is 0.591. The summed E-state index contributed by atoms with van der Waals surface area (Å²) in [6.45, 7) is 3.21. The molecule has 3 rings (SSSR count). The standard InChI is InChI=1S/C19H25N5O3/c1-13(16(25)14-8-5-4-6-9-14)20-10-7-11-24-12-21-17-15(24)18(26)23(3)19(27)22(17)2/h4-6,8-9,12-13,16,20,25H,7,10-11H2,1-3H3. The zero-order valence-electron chi connectivity index (χ0n) is 15.8. The number of nitrogens with zero attached hydrogens (tertiary/aromatic N) is 4. The van der Waals surface area contributed by atoms with Crippen molar-refractivity contribution in [1.82, 2.24) is 24.0 Å². The van der Waals surface area contributed by atoms with Crippen molar-refractivity contribution in [3.63, 3.8) is 0 Å². The molecule has 0 saturated carbocycles. The van der Waals surface area contributed by atoms with Gasteiger partial charge in [-0.05, 0) is 25.5 Å². The maximum absolute atomic E-state index is 12.4. The van der Waals surface area contributed by atoms with Gasteiger partial charge in [0.25, 0.3) is 5.56 Å². The maximum Gasteiger partial charge on any atom is 0.332 e. The van der Waals surface area contributed by atoms with Crippen molar-refractivity contribution in [3.8, 4) is 0 Å². The Hall–Kier alpha value is -2.71. The molecule has 0 aliphatic heterocycles. The number of imidazole rings is 1. The molecule has 1 aromatic carbocycles. The van der Waals surface area contributed by atoms with E-state index in [4.69, 9.17) is 0 Å². The molecule has 0 fully saturated rings. The van der Waals surface area contributed by atoms with Crippen molar-refractivity contribution in [2.75, 3.05) is 6.54 Å². The van der Waals surface area contributed by atoms with E-state index in [1.165, 1.54) is 11.6 Å². The van der Waals surface area contributed by atoms with Gasteiger partial charge in [0, 0.05) is 26.7 Å². The van der Waals surface area contributed by atoms with Crippen LogP contribution in [0.25, 0.3) is 11.2 Å². The van der Waals surface area contributed by atoms with Crippen LogP contribution in [0.3, 0.4) is 0 Å². The van der Waals surface area contributed by atoms with Gasteiger partial charge >= 0.3 is 5.69 Å². The number of aryl methyl sites for hydroxylation is 2. The third-order valence-electron chi connectivity index (χ3n) is 4.87. The number of benzene rings is 1. The fraction of sp³-hybridized carbons (Fsp3) is 0.421. The number of aliphatic hydroxyl groups excluding tert-OH is 1. The first-order chi connectivity index (χ1) is 12.9. The van der Waals surface area contributed by atoms with E-state index in [0.717, 1.165) is 16.6 Å². The molecule has 144 valence electrons. The van der Waals surface area contributed by atoms with E-state index in [1.807, 2.05) is 37.3 Å². The summed E-state index contributed by atoms with van der Waals surface area (Å²) < 4.78 is 4.25. The SMILES string of the molecule is CC(NCCCn1cnc2c1c(=O)n(C)c(=O)n2C)C(O)c1ccccc1. The van der Waals surface area contributed by atoms with E-state index < -0.39 is 6.10 Å². The highest BCUT2D eigenvalue weighted by molar-refractivity contribution is 5.69. The first kappa shape index (κ1) is 19.1. The van der Waals surface area contributed by atoms with Crippen molar-refractivity contribution >= 4 is 11.2 Å². The third kappa shape index (κ3) is 3.72. The van der Waals surface area contributed by atoms with E-state index in [1.54, 1.807) is 17.9 Å². The Balaban J connectivity index is 1.63. The number of rotatable bonds is 7. The lowest BCUT2D eigenvalue weighted by molar-refractivity contribution is 0.136. The van der Waals surface area contributed by atoms with Crippen molar-refractivity contribution < 1.29 is 5.11 Å². The molecule has 3 aromatic rings. The normalized spacial score (nSPS) is 13.8. The van der Waals surface area contributed by atoms with Crippen LogP contribution in [-0.4, -0.2) is 36.4 Å². The zero-order chi connectivity index (χ0) is 19.6. The van der Waals surface area contributed by atoms with Crippen molar-refractivity contribution in [2.24, 2.45) is 14.1 Å². The number of aliphatic hydroxyl groups is 1. The summed E-state index contributed by atoms with van der Waals surface area (Å²) in [7, 11) is 3.07. The van der Waals surface area contributed by atoms with Crippen molar-refractivity contribution in [3.05, 3.63) is 63.1 Å². The highest BCUT2D eigenvalue weighted by Gasteiger charge is 2.16. The molecule has 2 unspecified atom stereocenters. The molecule has 0 saturated heterocycles. The summed E-state index contributed by atoms with van der Waals surface area (Å²) in [5.41, 5.74) is 0.970. The molecule has 0 amide bonds. The van der Waals surface area contributed by atoms with Gasteiger partial charge in [-0.1, -0.05) is 30.3 Å². The van der Waals surface area contributed by atoms with Gasteiger partial charge < -0.3 is 15.0 Å². The van der Waals surface area contributed by atoms with Gasteiger partial charge in [-0.15, -0.1) is 0 Å². The van der Waals surface area contributed by atoms with Gasteiger partial charge in [0.05, 0.1) is 12.4 Å². The summed E-state index contributed by atoms with van der Waals surface area (Å²) in [6, 6.07) is 9.44. The molecule has 8 nitrogen and oxygen atoms in total. The highest BCUT2D eigenvalue weighted by atomic mass is 16.3. The second-order valence-electron chi connectivity index (χ2n) is 6.77. The smallest absolute Gasteiger partial charge is 0.332 e. The average Bonchev–Trinajstić information content (AvgIpc) is 3.12. The summed E-state index contributed by atoms with van der Waals surface area (Å²) in [4.78, 5) is 28.6. The Morgan fingerprint density at radius 1 is 1.15 bits per heavy atom.